The fraction of sp³-hybridized carbons (Fsp3) is 0.282. The summed E-state index contributed by atoms with van der Waals surface area (Å²) in [7, 11) is 2.99. The van der Waals surface area contributed by atoms with Gasteiger partial charge in [0.1, 0.15) is 0 Å². The number of allylic oxidation sites excluding steroid dienone is 19. The fourth-order valence-electron chi connectivity index (χ4n) is 5.04. The van der Waals surface area contributed by atoms with Gasteiger partial charge in [-0.15, -0.1) is 0 Å². The summed E-state index contributed by atoms with van der Waals surface area (Å²) in [6.07, 6.45) is 34.3. The third-order valence-electron chi connectivity index (χ3n) is 7.59. The van der Waals surface area contributed by atoms with E-state index in [0.717, 1.165) is 50.6 Å². The van der Waals surface area contributed by atoms with Crippen molar-refractivity contribution in [2.75, 3.05) is 13.6 Å². The second kappa shape index (κ2) is 18.7. The minimum Gasteiger partial charge on any atom is -0.316 e. The van der Waals surface area contributed by atoms with Gasteiger partial charge in [0.2, 0.25) is 0 Å². The van der Waals surface area contributed by atoms with Crippen LogP contribution in [0, 0.1) is 0 Å². The van der Waals surface area contributed by atoms with Gasteiger partial charge < -0.3 is 5.32 Å². The Hall–Kier alpha value is -3.62. The normalized spacial score (nSPS) is 22.0. The van der Waals surface area contributed by atoms with E-state index in [-0.39, 0.29) is 0 Å². The van der Waals surface area contributed by atoms with Crippen molar-refractivity contribution >= 4 is 7.28 Å². The van der Waals surface area contributed by atoms with Crippen molar-refractivity contribution in [3.8, 4) is 0 Å². The van der Waals surface area contributed by atoms with Gasteiger partial charge in [-0.25, -0.2) is 0 Å². The van der Waals surface area contributed by atoms with Gasteiger partial charge in [-0.3, -0.25) is 0 Å². The molecular formula is C39H50BN. The van der Waals surface area contributed by atoms with Crippen molar-refractivity contribution in [2.24, 2.45) is 0 Å². The van der Waals surface area contributed by atoms with E-state index in [2.05, 4.69) is 155 Å². The Bertz CT molecular complexity index is 1270. The third kappa shape index (κ3) is 10.4. The van der Waals surface area contributed by atoms with E-state index in [1.165, 1.54) is 27.8 Å². The van der Waals surface area contributed by atoms with Gasteiger partial charge in [0.05, 0.1) is 0 Å². The van der Waals surface area contributed by atoms with E-state index in [1.807, 2.05) is 7.05 Å². The van der Waals surface area contributed by atoms with Crippen LogP contribution in [0.2, 0.25) is 6.32 Å². The summed E-state index contributed by atoms with van der Waals surface area (Å²) in [6, 6.07) is 10.8. The molecule has 0 saturated carbocycles. The lowest BCUT2D eigenvalue weighted by Crippen LogP contribution is -2.30. The van der Waals surface area contributed by atoms with Crippen LogP contribution < -0.4 is 5.32 Å². The monoisotopic (exact) mass is 543 g/mol. The molecule has 2 rings (SSSR count). The van der Waals surface area contributed by atoms with Crippen molar-refractivity contribution in [1.29, 1.82) is 0 Å². The van der Waals surface area contributed by atoms with Gasteiger partial charge >= 0.3 is 0 Å². The predicted octanol–water partition coefficient (Wildman–Crippen LogP) is 9.82. The lowest BCUT2D eigenvalue weighted by molar-refractivity contribution is 0.618. The van der Waals surface area contributed by atoms with Crippen LogP contribution >= 0.6 is 0 Å². The predicted molar refractivity (Wildman–Crippen MR) is 187 cm³/mol. The van der Waals surface area contributed by atoms with E-state index in [9.17, 15) is 0 Å². The summed E-state index contributed by atoms with van der Waals surface area (Å²) in [5.74, 6) is 0. The van der Waals surface area contributed by atoms with E-state index < -0.39 is 5.41 Å². The standard InChI is InChI=1S/C39H50BN/c1-8-10-12-13-20-29-39(36-22-17-15-18-23-36)34(5)21-16-14-19-25-38(35(39)6)33(4)26-27-37(24-11-9-2)40-31-32(3)28-30-41-7/h9-24,26-28,40-41H,5-6,8,25,29-31H2,1-4,7H3/b11-9-,12-10-,19-14-,20-13-,21-16-,27-26+,32-28-,37-24+,38-33+. The number of hydrogen-bond acceptors (Lipinski definition) is 1. The van der Waals surface area contributed by atoms with Crippen LogP contribution in [-0.2, 0) is 5.41 Å². The highest BCUT2D eigenvalue weighted by Gasteiger charge is 2.37. The number of likely N-dealkylation sites (N-methyl/N-ethyl adjacent to an activating group) is 1. The molecule has 0 saturated heterocycles. The largest absolute Gasteiger partial charge is 0.316 e. The molecule has 2 heteroatoms. The van der Waals surface area contributed by atoms with E-state index in [1.54, 1.807) is 0 Å². The molecule has 1 N–H and O–H groups in total. The average molecular weight is 544 g/mol. The maximum absolute atomic E-state index is 4.81. The van der Waals surface area contributed by atoms with Gasteiger partial charge in [-0.05, 0) is 74.9 Å². The molecule has 1 aliphatic rings. The van der Waals surface area contributed by atoms with Gasteiger partial charge in [-0.2, -0.15) is 0 Å². The molecule has 0 fully saturated rings. The quantitative estimate of drug-likeness (QED) is 0.148. The van der Waals surface area contributed by atoms with E-state index >= 15 is 0 Å². The summed E-state index contributed by atoms with van der Waals surface area (Å²) in [6.45, 7) is 19.0. The smallest absolute Gasteiger partial charge is 0.161 e. The molecule has 1 unspecified atom stereocenters. The Morgan fingerprint density at radius 1 is 1.02 bits per heavy atom. The summed E-state index contributed by atoms with van der Waals surface area (Å²) >= 11 is 0. The van der Waals surface area contributed by atoms with Crippen molar-refractivity contribution in [3.63, 3.8) is 0 Å². The summed E-state index contributed by atoms with van der Waals surface area (Å²) in [4.78, 5) is 0. The van der Waals surface area contributed by atoms with Crippen molar-refractivity contribution < 1.29 is 0 Å². The molecule has 214 valence electrons. The van der Waals surface area contributed by atoms with E-state index in [0.29, 0.717) is 0 Å². The SMILES string of the molecule is C=C1/C=C\C=C/C\C(=C(C)/C=C/C(BC/C(C)=C\CNC)=C\C=C/C)C(=C)C1(C/C=C\C=C/CC)c1ccccc1. The fourth-order valence-corrected chi connectivity index (χ4v) is 5.04. The maximum Gasteiger partial charge on any atom is 0.161 e. The molecule has 1 aromatic carbocycles. The first-order valence-corrected chi connectivity index (χ1v) is 15.0. The van der Waals surface area contributed by atoms with Crippen LogP contribution in [0.15, 0.2) is 162 Å². The zero-order valence-corrected chi connectivity index (χ0v) is 26.1. The summed E-state index contributed by atoms with van der Waals surface area (Å²) in [5, 5.41) is 3.20. The lowest BCUT2D eigenvalue weighted by atomic mass is 9.63. The highest BCUT2D eigenvalue weighted by molar-refractivity contribution is 6.47. The molecule has 0 aromatic heterocycles. The molecule has 0 bridgehead atoms. The first kappa shape index (κ1) is 33.6. The second-order valence-corrected chi connectivity index (χ2v) is 10.6. The molecule has 1 aliphatic carbocycles. The van der Waals surface area contributed by atoms with E-state index in [4.69, 9.17) is 6.58 Å². The topological polar surface area (TPSA) is 12.0 Å². The Balaban J connectivity index is 2.59. The molecule has 41 heavy (non-hydrogen) atoms. The van der Waals surface area contributed by atoms with Crippen LogP contribution in [0.25, 0.3) is 0 Å². The van der Waals surface area contributed by atoms with Gasteiger partial charge in [-0.1, -0.05) is 153 Å². The molecule has 0 amide bonds. The molecule has 0 aliphatic heterocycles. The number of nitrogens with one attached hydrogen (secondary N) is 1. The molecule has 1 aromatic rings. The minimum atomic E-state index is -0.441. The van der Waals surface area contributed by atoms with Crippen molar-refractivity contribution in [1.82, 2.24) is 5.32 Å². The van der Waals surface area contributed by atoms with Crippen LogP contribution in [0.1, 0.15) is 52.5 Å². The zero-order chi connectivity index (χ0) is 29.9. The van der Waals surface area contributed by atoms with Crippen LogP contribution in [0.3, 0.4) is 0 Å². The summed E-state index contributed by atoms with van der Waals surface area (Å²) in [5.41, 5.74) is 8.16. The molecule has 1 atom stereocenters. The highest BCUT2D eigenvalue weighted by atomic mass is 14.8. The molecule has 0 heterocycles. The molecule has 0 spiro atoms. The second-order valence-electron chi connectivity index (χ2n) is 10.6. The first-order valence-electron chi connectivity index (χ1n) is 15.0. The number of hydrogen-bond donors (Lipinski definition) is 1. The minimum absolute atomic E-state index is 0.441. The van der Waals surface area contributed by atoms with Gasteiger partial charge in [0.25, 0.3) is 0 Å². The molecular weight excluding hydrogens is 493 g/mol. The Labute approximate surface area is 251 Å². The number of rotatable bonds is 13. The Morgan fingerprint density at radius 3 is 2.49 bits per heavy atom. The zero-order valence-electron chi connectivity index (χ0n) is 26.1. The maximum atomic E-state index is 4.81. The molecule has 1 nitrogen and oxygen atoms in total. The van der Waals surface area contributed by atoms with Crippen LogP contribution in [0.5, 0.6) is 0 Å². The summed E-state index contributed by atoms with van der Waals surface area (Å²) < 4.78 is 0. The van der Waals surface area contributed by atoms with Crippen molar-refractivity contribution in [3.05, 3.63) is 167 Å². The number of benzene rings is 1. The van der Waals surface area contributed by atoms with Gasteiger partial charge in [0.15, 0.2) is 7.28 Å². The van der Waals surface area contributed by atoms with Crippen LogP contribution in [0.4, 0.5) is 0 Å². The van der Waals surface area contributed by atoms with Crippen LogP contribution in [-0.4, -0.2) is 20.9 Å². The third-order valence-corrected chi connectivity index (χ3v) is 7.59. The highest BCUT2D eigenvalue weighted by Crippen LogP contribution is 2.47. The van der Waals surface area contributed by atoms with Gasteiger partial charge in [0, 0.05) is 12.0 Å². The first-order chi connectivity index (χ1) is 19.9. The average Bonchev–Trinajstić information content (AvgIpc) is 3.04. The molecule has 0 radical (unpaired) electrons. The van der Waals surface area contributed by atoms with Crippen molar-refractivity contribution in [2.45, 2.75) is 58.7 Å². The Morgan fingerprint density at radius 2 is 1.78 bits per heavy atom. The Kier molecular flexibility index (Phi) is 15.3. The lowest BCUT2D eigenvalue weighted by Gasteiger charge is -2.38.